The molecule has 0 aromatic carbocycles. The summed E-state index contributed by atoms with van der Waals surface area (Å²) in [6, 6.07) is 0. The molecule has 0 aromatic heterocycles. The predicted octanol–water partition coefficient (Wildman–Crippen LogP) is 1.11. The summed E-state index contributed by atoms with van der Waals surface area (Å²) in [5.41, 5.74) is 5.75. The van der Waals surface area contributed by atoms with Gasteiger partial charge in [0.25, 0.3) is 0 Å². The van der Waals surface area contributed by atoms with Crippen molar-refractivity contribution in [1.82, 2.24) is 4.90 Å². The normalized spacial score (nSPS) is 11.1. The van der Waals surface area contributed by atoms with Gasteiger partial charge in [-0.25, -0.2) is 0 Å². The van der Waals surface area contributed by atoms with Crippen LogP contribution < -0.4 is 5.73 Å². The standard InChI is InChI=1S/C9H18N2O/c1-7(2)8(12)11(6-10)9(3,4)5/h1,6,10H2,2-5H3. The Labute approximate surface area is 74.2 Å². The summed E-state index contributed by atoms with van der Waals surface area (Å²) < 4.78 is 0. The van der Waals surface area contributed by atoms with Crippen molar-refractivity contribution in [2.45, 2.75) is 33.2 Å². The lowest BCUT2D eigenvalue weighted by Crippen LogP contribution is -2.48. The van der Waals surface area contributed by atoms with Crippen molar-refractivity contribution in [3.8, 4) is 0 Å². The first kappa shape index (κ1) is 11.2. The SMILES string of the molecule is C=C(C)C(=O)N(CN)C(C)(C)C. The lowest BCUT2D eigenvalue weighted by Gasteiger charge is -2.34. The molecular weight excluding hydrogens is 152 g/mol. The van der Waals surface area contributed by atoms with E-state index in [4.69, 9.17) is 5.73 Å². The number of hydrogen-bond donors (Lipinski definition) is 1. The first-order chi connectivity index (χ1) is 5.30. The molecule has 0 atom stereocenters. The minimum atomic E-state index is -0.231. The average Bonchev–Trinajstić information content (AvgIpc) is 1.85. The van der Waals surface area contributed by atoms with E-state index in [-0.39, 0.29) is 18.1 Å². The number of rotatable bonds is 2. The van der Waals surface area contributed by atoms with Gasteiger partial charge in [-0.2, -0.15) is 0 Å². The fourth-order valence-corrected chi connectivity index (χ4v) is 0.892. The molecule has 3 heteroatoms. The highest BCUT2D eigenvalue weighted by Gasteiger charge is 2.24. The van der Waals surface area contributed by atoms with Crippen LogP contribution in [0.5, 0.6) is 0 Å². The van der Waals surface area contributed by atoms with Crippen molar-refractivity contribution < 1.29 is 4.79 Å². The van der Waals surface area contributed by atoms with E-state index in [1.807, 2.05) is 20.8 Å². The Bertz CT molecular complexity index is 191. The van der Waals surface area contributed by atoms with Crippen LogP contribution in [0.2, 0.25) is 0 Å². The molecule has 0 saturated carbocycles. The van der Waals surface area contributed by atoms with Gasteiger partial charge in [0, 0.05) is 11.1 Å². The molecular formula is C9H18N2O. The maximum atomic E-state index is 11.5. The Morgan fingerprint density at radius 3 is 2.00 bits per heavy atom. The van der Waals surface area contributed by atoms with Gasteiger partial charge in [0.1, 0.15) is 0 Å². The summed E-state index contributed by atoms with van der Waals surface area (Å²) in [4.78, 5) is 13.1. The molecule has 0 aliphatic carbocycles. The van der Waals surface area contributed by atoms with Crippen LogP contribution in [0.15, 0.2) is 12.2 Å². The third-order valence-electron chi connectivity index (χ3n) is 1.60. The number of hydrogen-bond acceptors (Lipinski definition) is 2. The second-order valence-corrected chi connectivity index (χ2v) is 3.87. The summed E-state index contributed by atoms with van der Waals surface area (Å²) in [6.45, 7) is 11.3. The molecule has 1 amide bonds. The molecule has 70 valence electrons. The zero-order valence-corrected chi connectivity index (χ0v) is 8.35. The highest BCUT2D eigenvalue weighted by molar-refractivity contribution is 5.92. The van der Waals surface area contributed by atoms with Gasteiger partial charge >= 0.3 is 0 Å². The van der Waals surface area contributed by atoms with Gasteiger partial charge in [-0.15, -0.1) is 0 Å². The van der Waals surface area contributed by atoms with E-state index in [2.05, 4.69) is 6.58 Å². The Kier molecular flexibility index (Phi) is 3.46. The maximum Gasteiger partial charge on any atom is 0.250 e. The predicted molar refractivity (Wildman–Crippen MR) is 50.5 cm³/mol. The second-order valence-electron chi connectivity index (χ2n) is 3.87. The van der Waals surface area contributed by atoms with Crippen molar-refractivity contribution in [2.24, 2.45) is 5.73 Å². The van der Waals surface area contributed by atoms with E-state index in [1.54, 1.807) is 11.8 Å². The monoisotopic (exact) mass is 170 g/mol. The largest absolute Gasteiger partial charge is 0.322 e. The first-order valence-electron chi connectivity index (χ1n) is 3.98. The molecule has 0 fully saturated rings. The van der Waals surface area contributed by atoms with Crippen molar-refractivity contribution >= 4 is 5.91 Å². The quantitative estimate of drug-likeness (QED) is 0.498. The summed E-state index contributed by atoms with van der Waals surface area (Å²) in [5, 5.41) is 0. The molecule has 0 aliphatic heterocycles. The molecule has 0 aliphatic rings. The number of nitrogens with zero attached hydrogens (tertiary/aromatic N) is 1. The second kappa shape index (κ2) is 3.72. The summed E-state index contributed by atoms with van der Waals surface area (Å²) in [5.74, 6) is -0.0787. The Hall–Kier alpha value is -0.830. The fraction of sp³-hybridized carbons (Fsp3) is 0.667. The van der Waals surface area contributed by atoms with Crippen molar-refractivity contribution in [1.29, 1.82) is 0 Å². The maximum absolute atomic E-state index is 11.5. The zero-order valence-electron chi connectivity index (χ0n) is 8.35. The minimum absolute atomic E-state index is 0.0787. The number of carbonyl (C=O) groups excluding carboxylic acids is 1. The molecule has 12 heavy (non-hydrogen) atoms. The zero-order chi connectivity index (χ0) is 9.94. The van der Waals surface area contributed by atoms with Crippen LogP contribution in [-0.4, -0.2) is 23.0 Å². The summed E-state index contributed by atoms with van der Waals surface area (Å²) in [7, 11) is 0. The molecule has 0 spiro atoms. The van der Waals surface area contributed by atoms with Crippen LogP contribution in [-0.2, 0) is 4.79 Å². The number of carbonyl (C=O) groups is 1. The van der Waals surface area contributed by atoms with E-state index < -0.39 is 0 Å². The van der Waals surface area contributed by atoms with Gasteiger partial charge in [0.2, 0.25) is 5.91 Å². The van der Waals surface area contributed by atoms with Gasteiger partial charge in [-0.1, -0.05) is 6.58 Å². The number of nitrogens with two attached hydrogens (primary N) is 1. The van der Waals surface area contributed by atoms with E-state index >= 15 is 0 Å². The Balaban J connectivity index is 4.58. The van der Waals surface area contributed by atoms with Crippen molar-refractivity contribution in [2.75, 3.05) is 6.67 Å². The van der Waals surface area contributed by atoms with Crippen molar-refractivity contribution in [3.05, 3.63) is 12.2 Å². The highest BCUT2D eigenvalue weighted by Crippen LogP contribution is 2.13. The third kappa shape index (κ3) is 2.66. The Morgan fingerprint density at radius 1 is 1.50 bits per heavy atom. The van der Waals surface area contributed by atoms with Crippen LogP contribution in [0.4, 0.5) is 0 Å². The average molecular weight is 170 g/mol. The third-order valence-corrected chi connectivity index (χ3v) is 1.60. The lowest BCUT2D eigenvalue weighted by atomic mass is 10.1. The van der Waals surface area contributed by atoms with Gasteiger partial charge in [0.05, 0.1) is 6.67 Å². The highest BCUT2D eigenvalue weighted by atomic mass is 16.2. The molecule has 0 heterocycles. The first-order valence-corrected chi connectivity index (χ1v) is 3.98. The fourth-order valence-electron chi connectivity index (χ4n) is 0.892. The van der Waals surface area contributed by atoms with E-state index in [9.17, 15) is 4.79 Å². The van der Waals surface area contributed by atoms with Crippen LogP contribution in [0, 0.1) is 0 Å². The molecule has 0 saturated heterocycles. The van der Waals surface area contributed by atoms with Gasteiger partial charge in [0.15, 0.2) is 0 Å². The number of amides is 1. The molecule has 2 N–H and O–H groups in total. The molecule has 3 nitrogen and oxygen atoms in total. The molecule has 0 radical (unpaired) electrons. The smallest absolute Gasteiger partial charge is 0.250 e. The molecule has 0 bridgehead atoms. The summed E-state index contributed by atoms with van der Waals surface area (Å²) in [6.07, 6.45) is 0. The molecule has 0 unspecified atom stereocenters. The van der Waals surface area contributed by atoms with Gasteiger partial charge in [-0.05, 0) is 27.7 Å². The minimum Gasteiger partial charge on any atom is -0.322 e. The van der Waals surface area contributed by atoms with E-state index in [0.29, 0.717) is 5.57 Å². The van der Waals surface area contributed by atoms with Crippen LogP contribution in [0.25, 0.3) is 0 Å². The van der Waals surface area contributed by atoms with E-state index in [0.717, 1.165) is 0 Å². The van der Waals surface area contributed by atoms with E-state index in [1.165, 1.54) is 0 Å². The van der Waals surface area contributed by atoms with Gasteiger partial charge in [-0.3, -0.25) is 4.79 Å². The Morgan fingerprint density at radius 2 is 1.92 bits per heavy atom. The summed E-state index contributed by atoms with van der Waals surface area (Å²) >= 11 is 0. The van der Waals surface area contributed by atoms with Crippen molar-refractivity contribution in [3.63, 3.8) is 0 Å². The lowest BCUT2D eigenvalue weighted by molar-refractivity contribution is -0.131. The van der Waals surface area contributed by atoms with Gasteiger partial charge < -0.3 is 10.6 Å². The van der Waals surface area contributed by atoms with Crippen LogP contribution in [0.3, 0.4) is 0 Å². The van der Waals surface area contributed by atoms with Crippen LogP contribution in [0.1, 0.15) is 27.7 Å². The topological polar surface area (TPSA) is 46.3 Å². The molecule has 0 rings (SSSR count). The molecule has 0 aromatic rings. The van der Waals surface area contributed by atoms with Crippen LogP contribution >= 0.6 is 0 Å².